The quantitative estimate of drug-likeness (QED) is 0.845. The van der Waals surface area contributed by atoms with Gasteiger partial charge >= 0.3 is 0 Å². The molecule has 130 valence electrons. The van der Waals surface area contributed by atoms with Crippen molar-refractivity contribution in [3.05, 3.63) is 42.5 Å². The zero-order valence-corrected chi connectivity index (χ0v) is 14.7. The molecular weight excluding hydrogens is 298 g/mol. The molecule has 0 bridgehead atoms. The molecule has 1 atom stereocenters. The zero-order chi connectivity index (χ0) is 16.9. The van der Waals surface area contributed by atoms with E-state index >= 15 is 0 Å². The highest BCUT2D eigenvalue weighted by molar-refractivity contribution is 5.82. The van der Waals surface area contributed by atoms with Crippen molar-refractivity contribution < 1.29 is 4.79 Å². The largest absolute Gasteiger partial charge is 0.371 e. The maximum atomic E-state index is 12.6. The molecule has 1 N–H and O–H groups in total. The molecule has 1 amide bonds. The lowest BCUT2D eigenvalue weighted by molar-refractivity contribution is -0.126. The number of carbonyl (C=O) groups is 1. The second kappa shape index (κ2) is 7.84. The fourth-order valence-corrected chi connectivity index (χ4v) is 3.91. The summed E-state index contributed by atoms with van der Waals surface area (Å²) in [4.78, 5) is 17.3. The number of anilines is 1. The van der Waals surface area contributed by atoms with E-state index in [1.807, 2.05) is 6.08 Å². The van der Waals surface area contributed by atoms with Gasteiger partial charge in [-0.1, -0.05) is 18.2 Å². The van der Waals surface area contributed by atoms with Crippen molar-refractivity contribution >= 4 is 11.6 Å². The van der Waals surface area contributed by atoms with Gasteiger partial charge in [-0.3, -0.25) is 9.69 Å². The van der Waals surface area contributed by atoms with Gasteiger partial charge in [0.15, 0.2) is 0 Å². The Kier molecular flexibility index (Phi) is 5.56. The fraction of sp³-hybridized carbons (Fsp3) is 0.550. The highest BCUT2D eigenvalue weighted by Crippen LogP contribution is 2.22. The first-order valence-corrected chi connectivity index (χ1v) is 9.14. The van der Waals surface area contributed by atoms with Crippen LogP contribution in [-0.2, 0) is 4.79 Å². The van der Waals surface area contributed by atoms with E-state index in [-0.39, 0.29) is 11.9 Å². The molecule has 24 heavy (non-hydrogen) atoms. The van der Waals surface area contributed by atoms with E-state index in [4.69, 9.17) is 0 Å². The molecular formula is C20H29N3O. The Labute approximate surface area is 145 Å². The van der Waals surface area contributed by atoms with Crippen LogP contribution >= 0.6 is 0 Å². The number of aryl methyl sites for hydroxylation is 1. The van der Waals surface area contributed by atoms with Crippen molar-refractivity contribution in [1.29, 1.82) is 0 Å². The molecule has 0 aromatic heterocycles. The summed E-state index contributed by atoms with van der Waals surface area (Å²) in [5.41, 5.74) is 2.60. The normalized spacial score (nSPS) is 22.5. The van der Waals surface area contributed by atoms with Gasteiger partial charge in [-0.25, -0.2) is 0 Å². The van der Waals surface area contributed by atoms with Crippen LogP contribution in [-0.4, -0.2) is 49.1 Å². The van der Waals surface area contributed by atoms with Crippen LogP contribution in [0.4, 0.5) is 5.69 Å². The summed E-state index contributed by atoms with van der Waals surface area (Å²) in [6, 6.07) is 9.02. The summed E-state index contributed by atoms with van der Waals surface area (Å²) in [6.07, 6.45) is 6.02. The first-order chi connectivity index (χ1) is 11.7. The molecule has 2 saturated heterocycles. The van der Waals surface area contributed by atoms with Gasteiger partial charge < -0.3 is 10.2 Å². The Morgan fingerprint density at radius 1 is 1.29 bits per heavy atom. The van der Waals surface area contributed by atoms with Gasteiger partial charge in [0.1, 0.15) is 0 Å². The molecule has 0 unspecified atom stereocenters. The smallest absolute Gasteiger partial charge is 0.237 e. The van der Waals surface area contributed by atoms with Crippen LogP contribution in [0, 0.1) is 6.92 Å². The van der Waals surface area contributed by atoms with Gasteiger partial charge in [-0.15, -0.1) is 6.58 Å². The number of carbonyl (C=O) groups excluding carboxylic acids is 1. The molecule has 2 fully saturated rings. The minimum Gasteiger partial charge on any atom is -0.371 e. The molecule has 2 heterocycles. The standard InChI is InChI=1S/C20H29N3O/c1-3-11-23-12-5-8-19(23)20(24)21-17-9-13-22(14-10-17)18-7-4-6-16(2)15-18/h3-4,6-7,15,17,19H,1,5,8-14H2,2H3,(H,21,24)/t19-/m0/s1. The lowest BCUT2D eigenvalue weighted by Crippen LogP contribution is -2.50. The van der Waals surface area contributed by atoms with Gasteiger partial charge in [0.05, 0.1) is 6.04 Å². The van der Waals surface area contributed by atoms with Crippen LogP contribution in [0.15, 0.2) is 36.9 Å². The number of likely N-dealkylation sites (tertiary alicyclic amines) is 1. The summed E-state index contributed by atoms with van der Waals surface area (Å²) in [6.45, 7) is 9.77. The molecule has 2 aliphatic rings. The van der Waals surface area contributed by atoms with E-state index in [2.05, 4.69) is 52.9 Å². The lowest BCUT2D eigenvalue weighted by Gasteiger charge is -2.35. The number of benzene rings is 1. The van der Waals surface area contributed by atoms with Crippen LogP contribution < -0.4 is 10.2 Å². The Morgan fingerprint density at radius 3 is 2.79 bits per heavy atom. The third-order valence-electron chi connectivity index (χ3n) is 5.24. The SMILES string of the molecule is C=CCN1CCC[C@H]1C(=O)NC1CCN(c2cccc(C)c2)CC1. The van der Waals surface area contributed by atoms with E-state index in [9.17, 15) is 4.79 Å². The predicted octanol–water partition coefficient (Wildman–Crippen LogP) is 2.73. The molecule has 1 aromatic rings. The van der Waals surface area contributed by atoms with Crippen molar-refractivity contribution in [2.75, 3.05) is 31.1 Å². The van der Waals surface area contributed by atoms with Crippen molar-refractivity contribution in [1.82, 2.24) is 10.2 Å². The number of nitrogens with one attached hydrogen (secondary N) is 1. The molecule has 0 aliphatic carbocycles. The molecule has 4 heteroatoms. The molecule has 0 spiro atoms. The minimum atomic E-state index is 0.0396. The van der Waals surface area contributed by atoms with Crippen molar-refractivity contribution in [3.63, 3.8) is 0 Å². The summed E-state index contributed by atoms with van der Waals surface area (Å²) < 4.78 is 0. The minimum absolute atomic E-state index is 0.0396. The van der Waals surface area contributed by atoms with Crippen molar-refractivity contribution in [3.8, 4) is 0 Å². The topological polar surface area (TPSA) is 35.6 Å². The Balaban J connectivity index is 1.50. The molecule has 0 radical (unpaired) electrons. The first-order valence-electron chi connectivity index (χ1n) is 9.14. The average molecular weight is 327 g/mol. The second-order valence-corrected chi connectivity index (χ2v) is 7.05. The predicted molar refractivity (Wildman–Crippen MR) is 99.3 cm³/mol. The van der Waals surface area contributed by atoms with Gasteiger partial charge in [0.2, 0.25) is 5.91 Å². The average Bonchev–Trinajstić information content (AvgIpc) is 3.04. The Morgan fingerprint density at radius 2 is 2.08 bits per heavy atom. The number of amides is 1. The third kappa shape index (κ3) is 3.99. The van der Waals surface area contributed by atoms with E-state index < -0.39 is 0 Å². The van der Waals surface area contributed by atoms with Gasteiger partial charge in [-0.05, 0) is 56.8 Å². The zero-order valence-electron chi connectivity index (χ0n) is 14.7. The van der Waals surface area contributed by atoms with Crippen molar-refractivity contribution in [2.24, 2.45) is 0 Å². The number of hydrogen-bond acceptors (Lipinski definition) is 3. The number of nitrogens with zero attached hydrogens (tertiary/aromatic N) is 2. The summed E-state index contributed by atoms with van der Waals surface area (Å²) >= 11 is 0. The summed E-state index contributed by atoms with van der Waals surface area (Å²) in [5.74, 6) is 0.211. The van der Waals surface area contributed by atoms with Crippen LogP contribution in [0.1, 0.15) is 31.2 Å². The maximum absolute atomic E-state index is 12.6. The van der Waals surface area contributed by atoms with Crippen molar-refractivity contribution in [2.45, 2.75) is 44.7 Å². The van der Waals surface area contributed by atoms with Gasteiger partial charge in [0.25, 0.3) is 0 Å². The number of hydrogen-bond donors (Lipinski definition) is 1. The molecule has 2 aliphatic heterocycles. The van der Waals surface area contributed by atoms with Gasteiger partial charge in [0, 0.05) is 31.4 Å². The van der Waals surface area contributed by atoms with E-state index in [0.717, 1.165) is 51.9 Å². The maximum Gasteiger partial charge on any atom is 0.237 e. The number of piperidine rings is 1. The third-order valence-corrected chi connectivity index (χ3v) is 5.24. The highest BCUT2D eigenvalue weighted by Gasteiger charge is 2.31. The van der Waals surface area contributed by atoms with E-state index in [1.54, 1.807) is 0 Å². The fourth-order valence-electron chi connectivity index (χ4n) is 3.91. The van der Waals surface area contributed by atoms with E-state index in [1.165, 1.54) is 11.3 Å². The summed E-state index contributed by atoms with van der Waals surface area (Å²) in [7, 11) is 0. The second-order valence-electron chi connectivity index (χ2n) is 7.05. The summed E-state index contributed by atoms with van der Waals surface area (Å²) in [5, 5.41) is 3.29. The Bertz CT molecular complexity index is 578. The Hall–Kier alpha value is -1.81. The number of rotatable bonds is 5. The molecule has 3 rings (SSSR count). The van der Waals surface area contributed by atoms with Crippen LogP contribution in [0.3, 0.4) is 0 Å². The molecule has 0 saturated carbocycles. The highest BCUT2D eigenvalue weighted by atomic mass is 16.2. The monoisotopic (exact) mass is 327 g/mol. The molecule has 1 aromatic carbocycles. The van der Waals surface area contributed by atoms with E-state index in [0.29, 0.717) is 6.04 Å². The van der Waals surface area contributed by atoms with Crippen LogP contribution in [0.5, 0.6) is 0 Å². The van der Waals surface area contributed by atoms with Crippen LogP contribution in [0.2, 0.25) is 0 Å². The molecule has 4 nitrogen and oxygen atoms in total. The van der Waals surface area contributed by atoms with Crippen LogP contribution in [0.25, 0.3) is 0 Å². The lowest BCUT2D eigenvalue weighted by atomic mass is 10.0. The first kappa shape index (κ1) is 17.0. The van der Waals surface area contributed by atoms with Gasteiger partial charge in [-0.2, -0.15) is 0 Å².